The highest BCUT2D eigenvalue weighted by Gasteiger charge is 2.22. The average molecular weight is 337 g/mol. The first-order valence-corrected chi connectivity index (χ1v) is 8.69. The summed E-state index contributed by atoms with van der Waals surface area (Å²) in [6.45, 7) is 0. The van der Waals surface area contributed by atoms with Gasteiger partial charge in [0.2, 0.25) is 0 Å². The molecule has 0 aromatic heterocycles. The number of rotatable bonds is 3. The van der Waals surface area contributed by atoms with Crippen LogP contribution in [-0.2, 0) is 0 Å². The summed E-state index contributed by atoms with van der Waals surface area (Å²) in [6, 6.07) is 17.4. The van der Waals surface area contributed by atoms with Crippen LogP contribution >= 0.6 is 39.5 Å². The summed E-state index contributed by atoms with van der Waals surface area (Å²) in [5, 5.41) is 0. The third kappa shape index (κ3) is 2.79. The van der Waals surface area contributed by atoms with Crippen LogP contribution in [0.4, 0.5) is 0 Å². The van der Waals surface area contributed by atoms with Crippen LogP contribution in [0.3, 0.4) is 0 Å². The summed E-state index contributed by atoms with van der Waals surface area (Å²) in [5.74, 6) is 3.08. The highest BCUT2D eigenvalue weighted by atomic mass is 79.9. The molecule has 2 aromatic rings. The Kier molecular flexibility index (Phi) is 4.02. The fourth-order valence-corrected chi connectivity index (χ4v) is 5.15. The molecule has 0 aliphatic carbocycles. The Morgan fingerprint density at radius 1 is 1.17 bits per heavy atom. The van der Waals surface area contributed by atoms with Crippen molar-refractivity contribution in [3.63, 3.8) is 0 Å². The molecule has 2 aromatic carbocycles. The molecule has 0 saturated carbocycles. The van der Waals surface area contributed by atoms with Crippen molar-refractivity contribution in [3.05, 3.63) is 58.6 Å². The molecule has 0 N–H and O–H groups in total. The smallest absolute Gasteiger partial charge is 0.0186 e. The van der Waals surface area contributed by atoms with Gasteiger partial charge in [-0.3, -0.25) is 0 Å². The van der Waals surface area contributed by atoms with Crippen molar-refractivity contribution in [2.45, 2.75) is 15.7 Å². The van der Waals surface area contributed by atoms with E-state index in [9.17, 15) is 0 Å². The van der Waals surface area contributed by atoms with E-state index in [0.29, 0.717) is 5.92 Å². The van der Waals surface area contributed by atoms with E-state index in [-0.39, 0.29) is 0 Å². The van der Waals surface area contributed by atoms with Gasteiger partial charge in [-0.2, -0.15) is 0 Å². The molecule has 0 nitrogen and oxygen atoms in total. The Labute approximate surface area is 125 Å². The molecule has 0 bridgehead atoms. The third-order valence-corrected chi connectivity index (χ3v) is 5.95. The van der Waals surface area contributed by atoms with Crippen molar-refractivity contribution in [3.8, 4) is 0 Å². The molecule has 1 aliphatic rings. The van der Waals surface area contributed by atoms with Crippen molar-refractivity contribution in [1.29, 1.82) is 0 Å². The minimum absolute atomic E-state index is 0.690. The molecule has 0 radical (unpaired) electrons. The van der Waals surface area contributed by atoms with Crippen LogP contribution in [0.5, 0.6) is 0 Å². The lowest BCUT2D eigenvalue weighted by atomic mass is 10.0. The standard InChI is InChI=1S/C15H13BrS2/c16-12-4-3-5-13(8-12)17-9-11-10-18-15-7-2-1-6-14(11)15/h1-8,11H,9-10H2. The zero-order valence-corrected chi connectivity index (χ0v) is 13.0. The van der Waals surface area contributed by atoms with E-state index < -0.39 is 0 Å². The van der Waals surface area contributed by atoms with Gasteiger partial charge in [-0.05, 0) is 29.8 Å². The number of hydrogen-bond donors (Lipinski definition) is 0. The maximum atomic E-state index is 3.52. The second-order valence-corrected chi connectivity index (χ2v) is 7.39. The Morgan fingerprint density at radius 3 is 2.94 bits per heavy atom. The van der Waals surface area contributed by atoms with Gasteiger partial charge >= 0.3 is 0 Å². The van der Waals surface area contributed by atoms with E-state index in [4.69, 9.17) is 0 Å². The zero-order chi connectivity index (χ0) is 12.4. The maximum Gasteiger partial charge on any atom is 0.0186 e. The Hall–Kier alpha value is -0.380. The summed E-state index contributed by atoms with van der Waals surface area (Å²) < 4.78 is 1.16. The molecule has 1 atom stereocenters. The van der Waals surface area contributed by atoms with E-state index >= 15 is 0 Å². The summed E-state index contributed by atoms with van der Waals surface area (Å²) in [5.41, 5.74) is 1.53. The molecule has 0 amide bonds. The molecule has 3 heteroatoms. The second kappa shape index (κ2) is 5.72. The van der Waals surface area contributed by atoms with Crippen LogP contribution in [0, 0.1) is 0 Å². The minimum Gasteiger partial charge on any atom is -0.125 e. The molecule has 0 saturated heterocycles. The van der Waals surface area contributed by atoms with Crippen molar-refractivity contribution in [2.24, 2.45) is 0 Å². The topological polar surface area (TPSA) is 0 Å². The van der Waals surface area contributed by atoms with Gasteiger partial charge in [-0.25, -0.2) is 0 Å². The molecule has 0 spiro atoms. The Bertz CT molecular complexity index is 554. The lowest BCUT2D eigenvalue weighted by molar-refractivity contribution is 0.896. The summed E-state index contributed by atoms with van der Waals surface area (Å²) >= 11 is 7.47. The maximum absolute atomic E-state index is 3.52. The average Bonchev–Trinajstić information content (AvgIpc) is 2.80. The first-order valence-electron chi connectivity index (χ1n) is 5.93. The van der Waals surface area contributed by atoms with Gasteiger partial charge in [0.1, 0.15) is 0 Å². The predicted octanol–water partition coefficient (Wildman–Crippen LogP) is 5.43. The lowest BCUT2D eigenvalue weighted by Crippen LogP contribution is -1.99. The van der Waals surface area contributed by atoms with Crippen molar-refractivity contribution >= 4 is 39.5 Å². The fraction of sp³-hybridized carbons (Fsp3) is 0.200. The van der Waals surface area contributed by atoms with Gasteiger partial charge in [-0.1, -0.05) is 40.2 Å². The van der Waals surface area contributed by atoms with Crippen LogP contribution in [0.15, 0.2) is 62.8 Å². The second-order valence-electron chi connectivity index (χ2n) is 4.31. The SMILES string of the molecule is Brc1cccc(SCC2CSc3ccccc32)c1. The molecular weight excluding hydrogens is 324 g/mol. The lowest BCUT2D eigenvalue weighted by Gasteiger charge is -2.10. The summed E-state index contributed by atoms with van der Waals surface area (Å²) in [6.07, 6.45) is 0. The van der Waals surface area contributed by atoms with Crippen LogP contribution in [-0.4, -0.2) is 11.5 Å². The number of fused-ring (bicyclic) bond motifs is 1. The predicted molar refractivity (Wildman–Crippen MR) is 84.8 cm³/mol. The van der Waals surface area contributed by atoms with Crippen molar-refractivity contribution < 1.29 is 0 Å². The van der Waals surface area contributed by atoms with E-state index in [1.165, 1.54) is 26.9 Å². The highest BCUT2D eigenvalue weighted by Crippen LogP contribution is 2.41. The summed E-state index contributed by atoms with van der Waals surface area (Å²) in [4.78, 5) is 2.82. The Morgan fingerprint density at radius 2 is 2.06 bits per heavy atom. The van der Waals surface area contributed by atoms with E-state index in [1.54, 1.807) is 0 Å². The molecule has 1 unspecified atom stereocenters. The van der Waals surface area contributed by atoms with Gasteiger partial charge in [0, 0.05) is 31.7 Å². The van der Waals surface area contributed by atoms with E-state index in [1.807, 2.05) is 23.5 Å². The van der Waals surface area contributed by atoms with E-state index in [0.717, 1.165) is 4.47 Å². The van der Waals surface area contributed by atoms with Crippen molar-refractivity contribution in [1.82, 2.24) is 0 Å². The summed E-state index contributed by atoms with van der Waals surface area (Å²) in [7, 11) is 0. The quantitative estimate of drug-likeness (QED) is 0.685. The molecule has 1 heterocycles. The largest absolute Gasteiger partial charge is 0.125 e. The molecule has 0 fully saturated rings. The van der Waals surface area contributed by atoms with E-state index in [2.05, 4.69) is 64.5 Å². The molecule has 92 valence electrons. The van der Waals surface area contributed by atoms with Gasteiger partial charge in [0.25, 0.3) is 0 Å². The normalized spacial score (nSPS) is 17.7. The number of halogens is 1. The fourth-order valence-electron chi connectivity index (χ4n) is 2.12. The number of hydrogen-bond acceptors (Lipinski definition) is 2. The first-order chi connectivity index (χ1) is 8.83. The highest BCUT2D eigenvalue weighted by molar-refractivity contribution is 9.10. The van der Waals surface area contributed by atoms with Crippen LogP contribution < -0.4 is 0 Å². The first kappa shape index (κ1) is 12.6. The van der Waals surface area contributed by atoms with Gasteiger partial charge < -0.3 is 0 Å². The molecular formula is C15H13BrS2. The van der Waals surface area contributed by atoms with Crippen LogP contribution in [0.2, 0.25) is 0 Å². The van der Waals surface area contributed by atoms with Gasteiger partial charge in [0.05, 0.1) is 0 Å². The van der Waals surface area contributed by atoms with Gasteiger partial charge in [-0.15, -0.1) is 23.5 Å². The third-order valence-electron chi connectivity index (χ3n) is 3.05. The van der Waals surface area contributed by atoms with Crippen molar-refractivity contribution in [2.75, 3.05) is 11.5 Å². The molecule has 1 aliphatic heterocycles. The van der Waals surface area contributed by atoms with Crippen LogP contribution in [0.25, 0.3) is 0 Å². The van der Waals surface area contributed by atoms with Gasteiger partial charge in [0.15, 0.2) is 0 Å². The Balaban J connectivity index is 1.69. The molecule has 18 heavy (non-hydrogen) atoms. The van der Waals surface area contributed by atoms with Crippen LogP contribution in [0.1, 0.15) is 11.5 Å². The minimum atomic E-state index is 0.690. The monoisotopic (exact) mass is 336 g/mol. The number of benzene rings is 2. The molecule has 3 rings (SSSR count). The number of thioether (sulfide) groups is 2. The zero-order valence-electron chi connectivity index (χ0n) is 9.80.